The lowest BCUT2D eigenvalue weighted by atomic mass is 9.84. The van der Waals surface area contributed by atoms with Crippen LogP contribution in [0.1, 0.15) is 38.2 Å². The second kappa shape index (κ2) is 6.26. The van der Waals surface area contributed by atoms with E-state index in [1.807, 2.05) is 30.3 Å². The van der Waals surface area contributed by atoms with Gasteiger partial charge in [0.1, 0.15) is 5.54 Å². The molecular weight excluding hydrogens is 306 g/mol. The van der Waals surface area contributed by atoms with Gasteiger partial charge in [-0.15, -0.1) is 0 Å². The number of rotatable bonds is 4. The van der Waals surface area contributed by atoms with Crippen LogP contribution in [-0.2, 0) is 9.59 Å². The first-order valence-electron chi connectivity index (χ1n) is 8.44. The smallest absolute Gasteiger partial charge is 0.322 e. The van der Waals surface area contributed by atoms with Gasteiger partial charge in [-0.2, -0.15) is 0 Å². The van der Waals surface area contributed by atoms with Gasteiger partial charge in [0.25, 0.3) is 5.91 Å². The summed E-state index contributed by atoms with van der Waals surface area (Å²) >= 11 is 0. The van der Waals surface area contributed by atoms with Crippen LogP contribution < -0.4 is 10.6 Å². The minimum Gasteiger partial charge on any atom is -0.339 e. The number of imide groups is 1. The van der Waals surface area contributed by atoms with Crippen molar-refractivity contribution in [2.45, 2.75) is 38.1 Å². The Balaban J connectivity index is 1.82. The number of likely N-dealkylation sites (tertiary alicyclic amines) is 1. The van der Waals surface area contributed by atoms with Gasteiger partial charge in [0.2, 0.25) is 5.91 Å². The van der Waals surface area contributed by atoms with E-state index < -0.39 is 11.6 Å². The number of urea groups is 1. The fourth-order valence-electron chi connectivity index (χ4n) is 3.62. The summed E-state index contributed by atoms with van der Waals surface area (Å²) in [5, 5.41) is 4.97. The molecule has 0 bridgehead atoms. The topological polar surface area (TPSA) is 78.5 Å². The molecule has 0 aliphatic carbocycles. The molecule has 0 saturated carbocycles. The number of nitrogens with zero attached hydrogens (tertiary/aromatic N) is 1. The third-order valence-electron chi connectivity index (χ3n) is 5.23. The number of hydrogen-bond donors (Lipinski definition) is 2. The highest BCUT2D eigenvalue weighted by Crippen LogP contribution is 2.33. The quantitative estimate of drug-likeness (QED) is 0.824. The van der Waals surface area contributed by atoms with Crippen LogP contribution in [0.15, 0.2) is 30.3 Å². The molecule has 4 amide bonds. The highest BCUT2D eigenvalue weighted by Gasteiger charge is 2.52. The number of amides is 4. The zero-order chi connectivity index (χ0) is 17.3. The second-order valence-electron chi connectivity index (χ2n) is 6.77. The number of carbonyl (C=O) groups is 3. The van der Waals surface area contributed by atoms with Crippen LogP contribution in [0.4, 0.5) is 4.79 Å². The molecule has 1 spiro atoms. The largest absolute Gasteiger partial charge is 0.339 e. The van der Waals surface area contributed by atoms with Crippen LogP contribution in [0, 0.1) is 5.92 Å². The molecule has 6 heteroatoms. The lowest BCUT2D eigenvalue weighted by Gasteiger charge is -2.28. The maximum Gasteiger partial charge on any atom is 0.322 e. The molecule has 0 aromatic heterocycles. The average Bonchev–Trinajstić information content (AvgIpc) is 3.12. The highest BCUT2D eigenvalue weighted by molar-refractivity contribution is 6.07. The molecule has 3 atom stereocenters. The van der Waals surface area contributed by atoms with Crippen LogP contribution in [0.2, 0.25) is 0 Å². The van der Waals surface area contributed by atoms with Crippen molar-refractivity contribution in [3.05, 3.63) is 35.9 Å². The minimum absolute atomic E-state index is 0.0290. The molecule has 24 heavy (non-hydrogen) atoms. The Labute approximate surface area is 141 Å². The Hall–Kier alpha value is -2.37. The first kappa shape index (κ1) is 16.5. The molecule has 0 unspecified atom stereocenters. The summed E-state index contributed by atoms with van der Waals surface area (Å²) in [6.07, 6.45) is 1.35. The van der Waals surface area contributed by atoms with E-state index >= 15 is 0 Å². The van der Waals surface area contributed by atoms with Gasteiger partial charge in [-0.05, 0) is 17.9 Å². The monoisotopic (exact) mass is 329 g/mol. The van der Waals surface area contributed by atoms with Crippen molar-refractivity contribution in [1.29, 1.82) is 0 Å². The molecule has 3 rings (SSSR count). The Kier molecular flexibility index (Phi) is 4.30. The zero-order valence-corrected chi connectivity index (χ0v) is 14.0. The first-order valence-corrected chi connectivity index (χ1v) is 8.44. The Morgan fingerprint density at radius 1 is 1.29 bits per heavy atom. The van der Waals surface area contributed by atoms with E-state index in [1.54, 1.807) is 4.90 Å². The van der Waals surface area contributed by atoms with E-state index in [4.69, 9.17) is 0 Å². The van der Waals surface area contributed by atoms with E-state index in [0.29, 0.717) is 13.0 Å². The van der Waals surface area contributed by atoms with Crippen LogP contribution in [0.25, 0.3) is 0 Å². The van der Waals surface area contributed by atoms with Crippen LogP contribution in [-0.4, -0.2) is 41.4 Å². The molecule has 128 valence electrons. The van der Waals surface area contributed by atoms with Gasteiger partial charge in [0.05, 0.1) is 12.5 Å². The number of carbonyl (C=O) groups excluding carboxylic acids is 3. The second-order valence-corrected chi connectivity index (χ2v) is 6.77. The Morgan fingerprint density at radius 3 is 2.58 bits per heavy atom. The first-order chi connectivity index (χ1) is 11.5. The van der Waals surface area contributed by atoms with Gasteiger partial charge < -0.3 is 10.2 Å². The maximum atomic E-state index is 13.2. The number of hydrogen-bond acceptors (Lipinski definition) is 3. The summed E-state index contributed by atoms with van der Waals surface area (Å²) in [4.78, 5) is 38.4. The van der Waals surface area contributed by atoms with Crippen LogP contribution in [0.3, 0.4) is 0 Å². The predicted molar refractivity (Wildman–Crippen MR) is 89.2 cm³/mol. The molecule has 2 fully saturated rings. The molecule has 0 radical (unpaired) electrons. The SMILES string of the molecule is CC[C@H](C)[C@@H](C(=O)N1CC[C@@]2(C1)NC(=O)NC2=O)c1ccccc1. The Bertz CT molecular complexity index is 661. The van der Waals surface area contributed by atoms with Crippen molar-refractivity contribution in [2.75, 3.05) is 13.1 Å². The molecule has 2 aliphatic heterocycles. The van der Waals surface area contributed by atoms with Crippen molar-refractivity contribution in [1.82, 2.24) is 15.5 Å². The molecule has 1 aromatic rings. The summed E-state index contributed by atoms with van der Waals surface area (Å²) in [5.74, 6) is -0.334. The molecule has 6 nitrogen and oxygen atoms in total. The third kappa shape index (κ3) is 2.77. The number of nitrogens with one attached hydrogen (secondary N) is 2. The van der Waals surface area contributed by atoms with Gasteiger partial charge in [-0.3, -0.25) is 14.9 Å². The summed E-state index contributed by atoms with van der Waals surface area (Å²) in [5.41, 5.74) is 0.0430. The maximum absolute atomic E-state index is 13.2. The summed E-state index contributed by atoms with van der Waals surface area (Å²) in [6.45, 7) is 4.87. The van der Waals surface area contributed by atoms with E-state index in [0.717, 1.165) is 12.0 Å². The average molecular weight is 329 g/mol. The standard InChI is InChI=1S/C18H23N3O3/c1-3-12(2)14(13-7-5-4-6-8-13)15(22)21-10-9-18(11-21)16(23)19-17(24)20-18/h4-8,12,14H,3,9-11H2,1-2H3,(H2,19,20,23,24)/t12-,14+,18-/m0/s1. The summed E-state index contributed by atoms with van der Waals surface area (Å²) in [6, 6.07) is 9.29. The lowest BCUT2D eigenvalue weighted by molar-refractivity contribution is -0.133. The van der Waals surface area contributed by atoms with Gasteiger partial charge >= 0.3 is 6.03 Å². The van der Waals surface area contributed by atoms with Crippen molar-refractivity contribution in [3.63, 3.8) is 0 Å². The molecule has 1 aromatic carbocycles. The van der Waals surface area contributed by atoms with E-state index in [1.165, 1.54) is 0 Å². The van der Waals surface area contributed by atoms with Crippen molar-refractivity contribution < 1.29 is 14.4 Å². The van der Waals surface area contributed by atoms with Crippen molar-refractivity contribution in [3.8, 4) is 0 Å². The Morgan fingerprint density at radius 2 is 2.00 bits per heavy atom. The lowest BCUT2D eigenvalue weighted by Crippen LogP contribution is -2.50. The fraction of sp³-hybridized carbons (Fsp3) is 0.500. The normalized spacial score (nSPS) is 25.5. The van der Waals surface area contributed by atoms with Crippen LogP contribution >= 0.6 is 0 Å². The highest BCUT2D eigenvalue weighted by atomic mass is 16.2. The van der Waals surface area contributed by atoms with Gasteiger partial charge in [0, 0.05) is 6.54 Å². The predicted octanol–water partition coefficient (Wildman–Crippen LogP) is 1.63. The summed E-state index contributed by atoms with van der Waals surface area (Å²) < 4.78 is 0. The molecule has 2 heterocycles. The van der Waals surface area contributed by atoms with E-state index in [-0.39, 0.29) is 30.2 Å². The van der Waals surface area contributed by atoms with E-state index in [2.05, 4.69) is 24.5 Å². The summed E-state index contributed by atoms with van der Waals surface area (Å²) in [7, 11) is 0. The molecule has 2 aliphatic rings. The molecular formula is C18H23N3O3. The minimum atomic E-state index is -0.955. The van der Waals surface area contributed by atoms with Gasteiger partial charge in [-0.25, -0.2) is 4.79 Å². The van der Waals surface area contributed by atoms with Crippen molar-refractivity contribution >= 4 is 17.8 Å². The van der Waals surface area contributed by atoms with Gasteiger partial charge in [-0.1, -0.05) is 50.6 Å². The zero-order valence-electron chi connectivity index (χ0n) is 14.0. The van der Waals surface area contributed by atoms with Crippen LogP contribution in [0.5, 0.6) is 0 Å². The van der Waals surface area contributed by atoms with E-state index in [9.17, 15) is 14.4 Å². The third-order valence-corrected chi connectivity index (χ3v) is 5.23. The van der Waals surface area contributed by atoms with Gasteiger partial charge in [0.15, 0.2) is 0 Å². The fourth-order valence-corrected chi connectivity index (χ4v) is 3.62. The molecule has 2 N–H and O–H groups in total. The molecule has 2 saturated heterocycles. The number of benzene rings is 1. The van der Waals surface area contributed by atoms with Crippen molar-refractivity contribution in [2.24, 2.45) is 5.92 Å².